The number of phenols is 1. The molecule has 0 amide bonds. The van der Waals surface area contributed by atoms with Gasteiger partial charge in [-0.05, 0) is 31.5 Å². The van der Waals surface area contributed by atoms with Gasteiger partial charge in [0.2, 0.25) is 0 Å². The molecule has 4 heteroatoms. The highest BCUT2D eigenvalue weighted by Gasteiger charge is 2.12. The Morgan fingerprint density at radius 3 is 2.47 bits per heavy atom. The zero-order chi connectivity index (χ0) is 13.7. The molecule has 1 N–H and O–H groups in total. The van der Waals surface area contributed by atoms with Crippen molar-refractivity contribution in [1.82, 2.24) is 4.98 Å². The lowest BCUT2D eigenvalue weighted by Crippen LogP contribution is -1.99. The first-order valence-corrected chi connectivity index (χ1v) is 6.51. The fourth-order valence-corrected chi connectivity index (χ4v) is 2.02. The minimum Gasteiger partial charge on any atom is -0.505 e. The van der Waals surface area contributed by atoms with Crippen molar-refractivity contribution in [2.45, 2.75) is 27.1 Å². The van der Waals surface area contributed by atoms with Crippen LogP contribution in [0.3, 0.4) is 0 Å². The van der Waals surface area contributed by atoms with E-state index >= 15 is 0 Å². The molecule has 0 bridgehead atoms. The maximum absolute atomic E-state index is 10.2. The first-order valence-electron chi connectivity index (χ1n) is 6.51. The fourth-order valence-electron chi connectivity index (χ4n) is 2.02. The normalized spacial score (nSPS) is 11.1. The molecule has 0 aliphatic rings. The van der Waals surface area contributed by atoms with Crippen LogP contribution in [0.2, 0.25) is 0 Å². The third-order valence-corrected chi connectivity index (χ3v) is 2.95. The lowest BCUT2D eigenvalue weighted by molar-refractivity contribution is 0.129. The Hall–Kier alpha value is -1.65. The second kappa shape index (κ2) is 6.50. The number of pyridine rings is 1. The standard InChI is InChI=1S/C15H19NO3/c1-3-18-9-11-8-12(10-19-4-2)15(17)14-13(11)6-5-7-16-14/h5-8,17H,3-4,9-10H2,1-2H3. The highest BCUT2D eigenvalue weighted by molar-refractivity contribution is 5.88. The van der Waals surface area contributed by atoms with E-state index in [4.69, 9.17) is 9.47 Å². The highest BCUT2D eigenvalue weighted by atomic mass is 16.5. The van der Waals surface area contributed by atoms with Crippen LogP contribution < -0.4 is 0 Å². The second-order valence-electron chi connectivity index (χ2n) is 4.22. The van der Waals surface area contributed by atoms with Gasteiger partial charge in [0.05, 0.1) is 13.2 Å². The highest BCUT2D eigenvalue weighted by Crippen LogP contribution is 2.31. The molecule has 0 saturated carbocycles. The molecule has 0 unspecified atom stereocenters. The Balaban J connectivity index is 2.48. The van der Waals surface area contributed by atoms with Gasteiger partial charge in [-0.1, -0.05) is 6.07 Å². The molecule has 2 rings (SSSR count). The van der Waals surface area contributed by atoms with Gasteiger partial charge in [0.25, 0.3) is 0 Å². The molecule has 0 aliphatic heterocycles. The summed E-state index contributed by atoms with van der Waals surface area (Å²) in [5, 5.41) is 11.2. The smallest absolute Gasteiger partial charge is 0.147 e. The van der Waals surface area contributed by atoms with Crippen LogP contribution in [-0.2, 0) is 22.7 Å². The van der Waals surface area contributed by atoms with Crippen molar-refractivity contribution >= 4 is 10.9 Å². The summed E-state index contributed by atoms with van der Waals surface area (Å²) in [5.41, 5.74) is 2.38. The summed E-state index contributed by atoms with van der Waals surface area (Å²) >= 11 is 0. The topological polar surface area (TPSA) is 51.6 Å². The number of aromatic hydroxyl groups is 1. The van der Waals surface area contributed by atoms with Gasteiger partial charge < -0.3 is 14.6 Å². The van der Waals surface area contributed by atoms with Gasteiger partial charge in [0, 0.05) is 30.4 Å². The van der Waals surface area contributed by atoms with Crippen LogP contribution in [0, 0.1) is 0 Å². The number of hydrogen-bond acceptors (Lipinski definition) is 4. The van der Waals surface area contributed by atoms with E-state index in [1.165, 1.54) is 0 Å². The number of phenolic OH excluding ortho intramolecular Hbond substituents is 1. The molecular weight excluding hydrogens is 242 g/mol. The molecule has 0 fully saturated rings. The summed E-state index contributed by atoms with van der Waals surface area (Å²) in [6.07, 6.45) is 1.68. The Bertz CT molecular complexity index is 554. The minimum atomic E-state index is 0.198. The SMILES string of the molecule is CCOCc1cc(COCC)c2cccnc2c1O. The van der Waals surface area contributed by atoms with Crippen LogP contribution in [0.1, 0.15) is 25.0 Å². The molecule has 1 heterocycles. The van der Waals surface area contributed by atoms with Crippen LogP contribution >= 0.6 is 0 Å². The van der Waals surface area contributed by atoms with E-state index in [1.54, 1.807) is 6.20 Å². The lowest BCUT2D eigenvalue weighted by atomic mass is 10.0. The zero-order valence-electron chi connectivity index (χ0n) is 11.3. The van der Waals surface area contributed by atoms with Crippen LogP contribution in [0.25, 0.3) is 10.9 Å². The summed E-state index contributed by atoms with van der Waals surface area (Å²) in [4.78, 5) is 4.26. The van der Waals surface area contributed by atoms with Gasteiger partial charge in [-0.15, -0.1) is 0 Å². The third-order valence-electron chi connectivity index (χ3n) is 2.95. The lowest BCUT2D eigenvalue weighted by Gasteiger charge is -2.12. The van der Waals surface area contributed by atoms with Crippen LogP contribution in [0.5, 0.6) is 5.75 Å². The second-order valence-corrected chi connectivity index (χ2v) is 4.22. The predicted octanol–water partition coefficient (Wildman–Crippen LogP) is 3.01. The number of benzene rings is 1. The number of rotatable bonds is 6. The van der Waals surface area contributed by atoms with Crippen molar-refractivity contribution in [2.24, 2.45) is 0 Å². The molecule has 19 heavy (non-hydrogen) atoms. The van der Waals surface area contributed by atoms with E-state index < -0.39 is 0 Å². The average Bonchev–Trinajstić information content (AvgIpc) is 2.45. The molecule has 4 nitrogen and oxygen atoms in total. The van der Waals surface area contributed by atoms with E-state index in [9.17, 15) is 5.11 Å². The van der Waals surface area contributed by atoms with Crippen LogP contribution in [-0.4, -0.2) is 23.3 Å². The van der Waals surface area contributed by atoms with Crippen LogP contribution in [0.15, 0.2) is 24.4 Å². The van der Waals surface area contributed by atoms with Gasteiger partial charge in [0.1, 0.15) is 11.3 Å². The molecule has 102 valence electrons. The summed E-state index contributed by atoms with van der Waals surface area (Å²) in [5.74, 6) is 0.198. The summed E-state index contributed by atoms with van der Waals surface area (Å²) in [7, 11) is 0. The number of aromatic nitrogens is 1. The molecule has 0 atom stereocenters. The number of ether oxygens (including phenoxy) is 2. The third kappa shape index (κ3) is 3.03. The number of hydrogen-bond donors (Lipinski definition) is 1. The predicted molar refractivity (Wildman–Crippen MR) is 74.1 cm³/mol. The average molecular weight is 261 g/mol. The molecule has 0 saturated heterocycles. The van der Waals surface area contributed by atoms with Gasteiger partial charge in [-0.2, -0.15) is 0 Å². The molecular formula is C15H19NO3. The maximum Gasteiger partial charge on any atom is 0.147 e. The van der Waals surface area contributed by atoms with Crippen molar-refractivity contribution < 1.29 is 14.6 Å². The first-order chi connectivity index (χ1) is 9.27. The number of nitrogens with zero attached hydrogens (tertiary/aromatic N) is 1. The summed E-state index contributed by atoms with van der Waals surface area (Å²) < 4.78 is 10.9. The first kappa shape index (κ1) is 13.8. The van der Waals surface area contributed by atoms with Crippen molar-refractivity contribution in [2.75, 3.05) is 13.2 Å². The molecule has 0 aliphatic carbocycles. The van der Waals surface area contributed by atoms with Crippen molar-refractivity contribution in [3.63, 3.8) is 0 Å². The van der Waals surface area contributed by atoms with Crippen molar-refractivity contribution in [1.29, 1.82) is 0 Å². The fraction of sp³-hybridized carbons (Fsp3) is 0.400. The molecule has 0 spiro atoms. The van der Waals surface area contributed by atoms with E-state index in [1.807, 2.05) is 32.0 Å². The summed E-state index contributed by atoms with van der Waals surface area (Å²) in [6, 6.07) is 5.74. The molecule has 1 aromatic heterocycles. The molecule has 1 aromatic carbocycles. The largest absolute Gasteiger partial charge is 0.505 e. The number of fused-ring (bicyclic) bond motifs is 1. The van der Waals surface area contributed by atoms with Gasteiger partial charge in [0.15, 0.2) is 0 Å². The van der Waals surface area contributed by atoms with Crippen molar-refractivity contribution in [3.05, 3.63) is 35.5 Å². The zero-order valence-corrected chi connectivity index (χ0v) is 11.3. The van der Waals surface area contributed by atoms with E-state index in [-0.39, 0.29) is 5.75 Å². The van der Waals surface area contributed by atoms with E-state index in [2.05, 4.69) is 4.98 Å². The minimum absolute atomic E-state index is 0.198. The van der Waals surface area contributed by atoms with Gasteiger partial charge >= 0.3 is 0 Å². The summed E-state index contributed by atoms with van der Waals surface area (Å²) in [6.45, 7) is 6.05. The van der Waals surface area contributed by atoms with Gasteiger partial charge in [-0.25, -0.2) is 0 Å². The maximum atomic E-state index is 10.2. The Morgan fingerprint density at radius 1 is 1.11 bits per heavy atom. The monoisotopic (exact) mass is 261 g/mol. The molecule has 2 aromatic rings. The quantitative estimate of drug-likeness (QED) is 0.868. The van der Waals surface area contributed by atoms with Crippen LogP contribution in [0.4, 0.5) is 0 Å². The van der Waals surface area contributed by atoms with Crippen molar-refractivity contribution in [3.8, 4) is 5.75 Å². The van der Waals surface area contributed by atoms with Gasteiger partial charge in [-0.3, -0.25) is 4.98 Å². The Morgan fingerprint density at radius 2 is 1.79 bits per heavy atom. The molecule has 0 radical (unpaired) electrons. The Labute approximate surface area is 113 Å². The van der Waals surface area contributed by atoms with E-state index in [0.29, 0.717) is 31.9 Å². The Kier molecular flexibility index (Phi) is 4.71. The van der Waals surface area contributed by atoms with E-state index in [0.717, 1.165) is 16.5 Å².